The first-order chi connectivity index (χ1) is 13.0. The van der Waals surface area contributed by atoms with E-state index in [-0.39, 0.29) is 29.9 Å². The second-order valence-electron chi connectivity index (χ2n) is 5.98. The van der Waals surface area contributed by atoms with Crippen LogP contribution in [0.2, 0.25) is 0 Å². The van der Waals surface area contributed by atoms with E-state index in [4.69, 9.17) is 4.74 Å². The summed E-state index contributed by atoms with van der Waals surface area (Å²) < 4.78 is 6.82. The summed E-state index contributed by atoms with van der Waals surface area (Å²) in [6.45, 7) is 3.30. The number of anilines is 1. The van der Waals surface area contributed by atoms with Crippen LogP contribution >= 0.6 is 39.9 Å². The van der Waals surface area contributed by atoms with Gasteiger partial charge in [-0.1, -0.05) is 40.2 Å². The predicted molar refractivity (Wildman–Crippen MR) is 129 cm³/mol. The summed E-state index contributed by atoms with van der Waals surface area (Å²) in [5, 5.41) is 6.03. The Bertz CT molecular complexity index is 801. The minimum Gasteiger partial charge on any atom is -0.492 e. The largest absolute Gasteiger partial charge is 0.492 e. The zero-order valence-electron chi connectivity index (χ0n) is 16.2. The summed E-state index contributed by atoms with van der Waals surface area (Å²) in [6.07, 6.45) is 0. The van der Waals surface area contributed by atoms with E-state index in [9.17, 15) is 4.79 Å². The Labute approximate surface area is 191 Å². The van der Waals surface area contributed by atoms with Crippen molar-refractivity contribution in [1.82, 2.24) is 10.2 Å². The van der Waals surface area contributed by atoms with Crippen molar-refractivity contribution in [2.24, 2.45) is 4.99 Å². The predicted octanol–water partition coefficient (Wildman–Crippen LogP) is 4.11. The average molecular weight is 561 g/mol. The lowest BCUT2D eigenvalue weighted by molar-refractivity contribution is -0.114. The van der Waals surface area contributed by atoms with Gasteiger partial charge in [0.1, 0.15) is 12.4 Å². The van der Waals surface area contributed by atoms with Crippen LogP contribution in [0.15, 0.2) is 58.0 Å². The molecular formula is C20H26BrIN4O2. The molecule has 0 heterocycles. The van der Waals surface area contributed by atoms with Crippen LogP contribution in [0.5, 0.6) is 5.75 Å². The molecular weight excluding hydrogens is 535 g/mol. The second kappa shape index (κ2) is 12.6. The van der Waals surface area contributed by atoms with E-state index in [1.807, 2.05) is 43.4 Å². The smallest absolute Gasteiger partial charge is 0.221 e. The number of carbonyl (C=O) groups is 1. The van der Waals surface area contributed by atoms with E-state index in [0.29, 0.717) is 18.9 Å². The van der Waals surface area contributed by atoms with Gasteiger partial charge < -0.3 is 20.3 Å². The molecule has 1 amide bonds. The van der Waals surface area contributed by atoms with Gasteiger partial charge in [-0.15, -0.1) is 24.0 Å². The zero-order valence-corrected chi connectivity index (χ0v) is 20.2. The number of aliphatic imine (C=N–C) groups is 1. The number of rotatable bonds is 7. The Balaban J connectivity index is 0.00000392. The molecule has 0 radical (unpaired) electrons. The maximum absolute atomic E-state index is 11.1. The van der Waals surface area contributed by atoms with Gasteiger partial charge in [-0.3, -0.25) is 9.79 Å². The van der Waals surface area contributed by atoms with Crippen molar-refractivity contribution in [3.8, 4) is 5.75 Å². The molecule has 2 aromatic rings. The topological polar surface area (TPSA) is 66.0 Å². The Hall–Kier alpha value is -1.81. The summed E-state index contributed by atoms with van der Waals surface area (Å²) in [4.78, 5) is 17.5. The van der Waals surface area contributed by atoms with Crippen LogP contribution in [0.25, 0.3) is 0 Å². The summed E-state index contributed by atoms with van der Waals surface area (Å²) in [5.41, 5.74) is 1.91. The van der Waals surface area contributed by atoms with Crippen molar-refractivity contribution in [3.05, 3.63) is 58.6 Å². The molecule has 0 aromatic heterocycles. The van der Waals surface area contributed by atoms with E-state index < -0.39 is 0 Å². The number of nitrogens with zero attached hydrogens (tertiary/aromatic N) is 2. The van der Waals surface area contributed by atoms with Crippen LogP contribution in [0, 0.1) is 0 Å². The van der Waals surface area contributed by atoms with Crippen molar-refractivity contribution >= 4 is 57.5 Å². The third-order valence-electron chi connectivity index (χ3n) is 3.75. The van der Waals surface area contributed by atoms with E-state index in [1.54, 1.807) is 13.1 Å². The van der Waals surface area contributed by atoms with Crippen LogP contribution in [0.4, 0.5) is 5.69 Å². The highest BCUT2D eigenvalue weighted by molar-refractivity contribution is 14.0. The molecule has 0 saturated heterocycles. The molecule has 0 aliphatic carbocycles. The summed E-state index contributed by atoms with van der Waals surface area (Å²) in [5.74, 6) is 1.40. The molecule has 2 aromatic carbocycles. The molecule has 0 aliphatic rings. The van der Waals surface area contributed by atoms with Gasteiger partial charge in [0.2, 0.25) is 5.91 Å². The summed E-state index contributed by atoms with van der Waals surface area (Å²) in [6, 6.07) is 15.5. The minimum atomic E-state index is -0.106. The molecule has 0 saturated carbocycles. The van der Waals surface area contributed by atoms with Crippen LogP contribution < -0.4 is 15.4 Å². The first-order valence-corrected chi connectivity index (χ1v) is 9.44. The van der Waals surface area contributed by atoms with E-state index in [1.165, 1.54) is 12.5 Å². The molecule has 0 unspecified atom stereocenters. The third kappa shape index (κ3) is 8.05. The van der Waals surface area contributed by atoms with Crippen molar-refractivity contribution in [2.45, 2.75) is 13.5 Å². The van der Waals surface area contributed by atoms with Crippen LogP contribution in [-0.4, -0.2) is 44.0 Å². The van der Waals surface area contributed by atoms with Crippen LogP contribution in [0.1, 0.15) is 12.5 Å². The van der Waals surface area contributed by atoms with Crippen molar-refractivity contribution in [2.75, 3.05) is 32.6 Å². The van der Waals surface area contributed by atoms with E-state index in [0.717, 1.165) is 22.7 Å². The highest BCUT2D eigenvalue weighted by atomic mass is 127. The molecule has 2 N–H and O–H groups in total. The van der Waals surface area contributed by atoms with Crippen LogP contribution in [0.3, 0.4) is 0 Å². The van der Waals surface area contributed by atoms with Gasteiger partial charge in [-0.25, -0.2) is 0 Å². The Kier molecular flexibility index (Phi) is 10.9. The molecule has 0 atom stereocenters. The number of amides is 1. The van der Waals surface area contributed by atoms with Gasteiger partial charge in [0.05, 0.1) is 6.54 Å². The summed E-state index contributed by atoms with van der Waals surface area (Å²) >= 11 is 3.57. The number of nitrogens with one attached hydrogen (secondary N) is 2. The lowest BCUT2D eigenvalue weighted by Gasteiger charge is -2.22. The van der Waals surface area contributed by atoms with Crippen molar-refractivity contribution in [1.29, 1.82) is 0 Å². The second-order valence-corrected chi connectivity index (χ2v) is 6.83. The summed E-state index contributed by atoms with van der Waals surface area (Å²) in [7, 11) is 3.75. The number of benzene rings is 2. The molecule has 0 spiro atoms. The number of hydrogen-bond donors (Lipinski definition) is 2. The fourth-order valence-electron chi connectivity index (χ4n) is 2.54. The number of ether oxygens (including phenoxy) is 1. The zero-order chi connectivity index (χ0) is 19.6. The number of carbonyl (C=O) groups excluding carboxylic acids is 1. The lowest BCUT2D eigenvalue weighted by Crippen LogP contribution is -2.40. The molecule has 152 valence electrons. The SMILES string of the molecule is CN=C(NCCOc1cccc(NC(C)=O)c1)N(C)Cc1ccccc1Br.I. The van der Waals surface area contributed by atoms with E-state index >= 15 is 0 Å². The van der Waals surface area contributed by atoms with Gasteiger partial charge in [-0.2, -0.15) is 0 Å². The quantitative estimate of drug-likeness (QED) is 0.231. The van der Waals surface area contributed by atoms with E-state index in [2.05, 4.69) is 42.5 Å². The maximum Gasteiger partial charge on any atom is 0.221 e. The number of halogens is 2. The van der Waals surface area contributed by atoms with Gasteiger partial charge >= 0.3 is 0 Å². The molecule has 28 heavy (non-hydrogen) atoms. The van der Waals surface area contributed by atoms with Gasteiger partial charge in [0.15, 0.2) is 5.96 Å². The molecule has 0 aliphatic heterocycles. The highest BCUT2D eigenvalue weighted by Crippen LogP contribution is 2.18. The standard InChI is InChI=1S/C20H25BrN4O2.HI/c1-15(26)24-17-8-6-9-18(13-17)27-12-11-23-20(22-2)25(3)14-16-7-4-5-10-19(16)21;/h4-10,13H,11-12,14H2,1-3H3,(H,22,23)(H,24,26);1H. The van der Waals surface area contributed by atoms with Gasteiger partial charge in [0.25, 0.3) is 0 Å². The Morgan fingerprint density at radius 1 is 1.21 bits per heavy atom. The molecule has 2 rings (SSSR count). The average Bonchev–Trinajstić information content (AvgIpc) is 2.63. The normalized spacial score (nSPS) is 10.6. The van der Waals surface area contributed by atoms with Crippen LogP contribution in [-0.2, 0) is 11.3 Å². The first-order valence-electron chi connectivity index (χ1n) is 8.65. The monoisotopic (exact) mass is 560 g/mol. The molecule has 0 fully saturated rings. The number of guanidine groups is 1. The molecule has 6 nitrogen and oxygen atoms in total. The number of hydrogen-bond acceptors (Lipinski definition) is 3. The fourth-order valence-corrected chi connectivity index (χ4v) is 2.95. The third-order valence-corrected chi connectivity index (χ3v) is 4.52. The molecule has 0 bridgehead atoms. The minimum absolute atomic E-state index is 0. The molecule has 8 heteroatoms. The highest BCUT2D eigenvalue weighted by Gasteiger charge is 2.08. The van der Waals surface area contributed by atoms with Gasteiger partial charge in [-0.05, 0) is 23.8 Å². The van der Waals surface area contributed by atoms with Crippen molar-refractivity contribution < 1.29 is 9.53 Å². The fraction of sp³-hybridized carbons (Fsp3) is 0.300. The van der Waals surface area contributed by atoms with Crippen molar-refractivity contribution in [3.63, 3.8) is 0 Å². The Morgan fingerprint density at radius 2 is 1.96 bits per heavy atom. The van der Waals surface area contributed by atoms with Gasteiger partial charge in [0, 0.05) is 43.8 Å². The lowest BCUT2D eigenvalue weighted by atomic mass is 10.2. The first kappa shape index (κ1) is 24.2. The Morgan fingerprint density at radius 3 is 2.64 bits per heavy atom. The maximum atomic E-state index is 11.1.